The van der Waals surface area contributed by atoms with E-state index in [9.17, 15) is 4.79 Å². The number of halogens is 2. The second kappa shape index (κ2) is 3.72. The van der Waals surface area contributed by atoms with Crippen LogP contribution in [-0.2, 0) is 11.2 Å². The molecule has 1 N–H and O–H groups in total. The van der Waals surface area contributed by atoms with E-state index in [-0.39, 0.29) is 11.6 Å². The molecule has 0 amide bonds. The summed E-state index contributed by atoms with van der Waals surface area (Å²) in [7, 11) is 0. The third-order valence-corrected chi connectivity index (χ3v) is 2.44. The molecule has 0 fully saturated rings. The molecule has 2 aromatic heterocycles. The number of carbonyl (C=O) groups is 1. The zero-order valence-corrected chi connectivity index (χ0v) is 8.96. The molecular formula is C9H6Cl2N2O2. The van der Waals surface area contributed by atoms with Crippen molar-refractivity contribution in [2.45, 2.75) is 6.42 Å². The molecule has 0 aliphatic rings. The van der Waals surface area contributed by atoms with Crippen molar-refractivity contribution < 1.29 is 9.90 Å². The van der Waals surface area contributed by atoms with Crippen LogP contribution >= 0.6 is 23.2 Å². The van der Waals surface area contributed by atoms with Crippen LogP contribution in [0.2, 0.25) is 10.2 Å². The predicted octanol–water partition coefficient (Wildman–Crippen LogP) is 2.27. The van der Waals surface area contributed by atoms with Gasteiger partial charge in [-0.05, 0) is 12.1 Å². The second-order valence-corrected chi connectivity index (χ2v) is 3.79. The van der Waals surface area contributed by atoms with E-state index < -0.39 is 5.97 Å². The fourth-order valence-corrected chi connectivity index (χ4v) is 1.75. The van der Waals surface area contributed by atoms with Crippen LogP contribution in [0.25, 0.3) is 5.52 Å². The molecule has 0 aliphatic heterocycles. The Kier molecular flexibility index (Phi) is 2.54. The first kappa shape index (κ1) is 10.3. The summed E-state index contributed by atoms with van der Waals surface area (Å²) in [6.45, 7) is 0. The molecule has 0 unspecified atom stereocenters. The van der Waals surface area contributed by atoms with Gasteiger partial charge in [0.2, 0.25) is 0 Å². The number of nitrogens with zero attached hydrogens (tertiary/aromatic N) is 2. The highest BCUT2D eigenvalue weighted by molar-refractivity contribution is 6.33. The van der Waals surface area contributed by atoms with Crippen molar-refractivity contribution in [1.29, 1.82) is 0 Å². The molecule has 4 nitrogen and oxygen atoms in total. The average Bonchev–Trinajstić information content (AvgIpc) is 2.42. The Morgan fingerprint density at radius 3 is 2.87 bits per heavy atom. The zero-order chi connectivity index (χ0) is 11.0. The van der Waals surface area contributed by atoms with Gasteiger partial charge in [-0.2, -0.15) is 0 Å². The van der Waals surface area contributed by atoms with E-state index in [1.54, 1.807) is 22.7 Å². The van der Waals surface area contributed by atoms with Gasteiger partial charge in [-0.3, -0.25) is 4.79 Å². The minimum atomic E-state index is -0.960. The van der Waals surface area contributed by atoms with E-state index in [1.165, 1.54) is 0 Å². The van der Waals surface area contributed by atoms with E-state index in [0.29, 0.717) is 16.4 Å². The average molecular weight is 245 g/mol. The molecule has 0 bridgehead atoms. The number of rotatable bonds is 2. The van der Waals surface area contributed by atoms with Crippen LogP contribution < -0.4 is 0 Å². The normalized spacial score (nSPS) is 10.8. The zero-order valence-electron chi connectivity index (χ0n) is 7.44. The maximum Gasteiger partial charge on any atom is 0.311 e. The summed E-state index contributed by atoms with van der Waals surface area (Å²) in [5.74, 6) is -0.594. The fourth-order valence-electron chi connectivity index (χ4n) is 1.34. The lowest BCUT2D eigenvalue weighted by Crippen LogP contribution is -2.04. The molecule has 0 aromatic carbocycles. The highest BCUT2D eigenvalue weighted by Gasteiger charge is 2.12. The number of hydrogen-bond donors (Lipinski definition) is 1. The van der Waals surface area contributed by atoms with Crippen molar-refractivity contribution in [2.75, 3.05) is 0 Å². The van der Waals surface area contributed by atoms with Crippen molar-refractivity contribution >= 4 is 34.7 Å². The molecular weight excluding hydrogens is 239 g/mol. The van der Waals surface area contributed by atoms with E-state index in [2.05, 4.69) is 4.98 Å². The first-order valence-electron chi connectivity index (χ1n) is 4.11. The molecule has 2 heterocycles. The van der Waals surface area contributed by atoms with Crippen molar-refractivity contribution in [2.24, 2.45) is 0 Å². The van der Waals surface area contributed by atoms with Crippen LogP contribution in [0.5, 0.6) is 0 Å². The lowest BCUT2D eigenvalue weighted by molar-refractivity contribution is -0.136. The highest BCUT2D eigenvalue weighted by atomic mass is 35.5. The number of imidazole rings is 1. The Hall–Kier alpha value is -1.26. The number of hydrogen-bond acceptors (Lipinski definition) is 2. The van der Waals surface area contributed by atoms with Crippen LogP contribution in [0.4, 0.5) is 0 Å². The van der Waals surface area contributed by atoms with Crippen LogP contribution in [0.15, 0.2) is 18.3 Å². The SMILES string of the molecule is O=C(O)Cc1nc(Cl)c2ccc(Cl)cn12. The third-order valence-electron chi connectivity index (χ3n) is 1.94. The first-order chi connectivity index (χ1) is 7.08. The molecule has 0 aliphatic carbocycles. The first-order valence-corrected chi connectivity index (χ1v) is 4.87. The van der Waals surface area contributed by atoms with Gasteiger partial charge in [0, 0.05) is 6.20 Å². The van der Waals surface area contributed by atoms with Gasteiger partial charge >= 0.3 is 5.97 Å². The minimum absolute atomic E-state index is 0.186. The summed E-state index contributed by atoms with van der Waals surface area (Å²) in [6.07, 6.45) is 1.41. The van der Waals surface area contributed by atoms with Gasteiger partial charge < -0.3 is 9.51 Å². The number of fused-ring (bicyclic) bond motifs is 1. The molecule has 0 radical (unpaired) electrons. The monoisotopic (exact) mass is 244 g/mol. The van der Waals surface area contributed by atoms with Crippen molar-refractivity contribution in [3.63, 3.8) is 0 Å². The number of carboxylic acids is 1. The van der Waals surface area contributed by atoms with Crippen molar-refractivity contribution in [3.8, 4) is 0 Å². The standard InChI is InChI=1S/C9H6Cl2N2O2/c10-5-1-2-6-9(11)12-7(3-8(14)15)13(6)4-5/h1-2,4H,3H2,(H,14,15). The maximum atomic E-state index is 10.6. The predicted molar refractivity (Wildman–Crippen MR) is 56.6 cm³/mol. The van der Waals surface area contributed by atoms with Gasteiger partial charge in [0.15, 0.2) is 5.15 Å². The molecule has 78 valence electrons. The second-order valence-electron chi connectivity index (χ2n) is 2.99. The third kappa shape index (κ3) is 1.91. The molecule has 6 heteroatoms. The minimum Gasteiger partial charge on any atom is -0.481 e. The Balaban J connectivity index is 2.64. The summed E-state index contributed by atoms with van der Waals surface area (Å²) in [5.41, 5.74) is 0.650. The number of pyridine rings is 1. The van der Waals surface area contributed by atoms with Crippen molar-refractivity contribution in [1.82, 2.24) is 9.38 Å². The highest BCUT2D eigenvalue weighted by Crippen LogP contribution is 2.21. The molecule has 2 rings (SSSR count). The van der Waals surface area contributed by atoms with Gasteiger partial charge in [0.05, 0.1) is 10.5 Å². The molecule has 15 heavy (non-hydrogen) atoms. The Morgan fingerprint density at radius 2 is 2.20 bits per heavy atom. The Morgan fingerprint density at radius 1 is 1.47 bits per heavy atom. The molecule has 0 saturated carbocycles. The van der Waals surface area contributed by atoms with E-state index in [0.717, 1.165) is 0 Å². The Bertz CT molecular complexity index is 536. The van der Waals surface area contributed by atoms with Crippen LogP contribution in [-0.4, -0.2) is 20.5 Å². The van der Waals surface area contributed by atoms with Crippen LogP contribution in [0.3, 0.4) is 0 Å². The lowest BCUT2D eigenvalue weighted by Gasteiger charge is -1.98. The number of carboxylic acid groups (broad SMARTS) is 1. The van der Waals surface area contributed by atoms with Gasteiger partial charge in [0.25, 0.3) is 0 Å². The van der Waals surface area contributed by atoms with Crippen LogP contribution in [0, 0.1) is 0 Å². The quantitative estimate of drug-likeness (QED) is 0.882. The van der Waals surface area contributed by atoms with E-state index in [1.807, 2.05) is 0 Å². The number of aliphatic carboxylic acids is 1. The van der Waals surface area contributed by atoms with Gasteiger partial charge in [-0.15, -0.1) is 0 Å². The van der Waals surface area contributed by atoms with Crippen LogP contribution in [0.1, 0.15) is 5.82 Å². The summed E-state index contributed by atoms with van der Waals surface area (Å²) in [4.78, 5) is 14.5. The fraction of sp³-hybridized carbons (Fsp3) is 0.111. The summed E-state index contributed by atoms with van der Waals surface area (Å²) in [6, 6.07) is 3.37. The molecule has 2 aromatic rings. The molecule has 0 saturated heterocycles. The summed E-state index contributed by atoms with van der Waals surface area (Å²) < 4.78 is 1.58. The molecule has 0 spiro atoms. The van der Waals surface area contributed by atoms with Gasteiger partial charge in [-0.25, -0.2) is 4.98 Å². The topological polar surface area (TPSA) is 54.6 Å². The van der Waals surface area contributed by atoms with E-state index >= 15 is 0 Å². The summed E-state index contributed by atoms with van der Waals surface area (Å²) in [5, 5.41) is 9.46. The lowest BCUT2D eigenvalue weighted by atomic mass is 10.4. The smallest absolute Gasteiger partial charge is 0.311 e. The largest absolute Gasteiger partial charge is 0.481 e. The van der Waals surface area contributed by atoms with Gasteiger partial charge in [0.1, 0.15) is 12.2 Å². The number of aromatic nitrogens is 2. The van der Waals surface area contributed by atoms with Gasteiger partial charge in [-0.1, -0.05) is 23.2 Å². The maximum absolute atomic E-state index is 10.6. The molecule has 0 atom stereocenters. The van der Waals surface area contributed by atoms with E-state index in [4.69, 9.17) is 28.3 Å². The Labute approximate surface area is 95.1 Å². The summed E-state index contributed by atoms with van der Waals surface area (Å²) >= 11 is 11.6. The van der Waals surface area contributed by atoms with Crippen molar-refractivity contribution in [3.05, 3.63) is 34.3 Å².